The monoisotopic (exact) mass is 230 g/mol. The van der Waals surface area contributed by atoms with Gasteiger partial charge in [0.15, 0.2) is 0 Å². The molecule has 5 heteroatoms. The molecule has 2 aromatic rings. The molecule has 0 amide bonds. The third-order valence-electron chi connectivity index (χ3n) is 2.35. The lowest BCUT2D eigenvalue weighted by Gasteiger charge is -2.06. The largest absolute Gasteiger partial charge is 0.481 e. The van der Waals surface area contributed by atoms with Crippen molar-refractivity contribution in [1.29, 1.82) is 0 Å². The zero-order valence-electron chi connectivity index (χ0n) is 9.16. The van der Waals surface area contributed by atoms with Crippen molar-refractivity contribution in [1.82, 2.24) is 4.98 Å². The molecular weight excluding hydrogens is 220 g/mol. The SMILES string of the molecule is COc1ncccc1-c1ccc([N+](=O)[O-])cc1. The number of hydrogen-bond donors (Lipinski definition) is 0. The summed E-state index contributed by atoms with van der Waals surface area (Å²) in [6.07, 6.45) is 1.63. The fraction of sp³-hybridized carbons (Fsp3) is 0.0833. The van der Waals surface area contributed by atoms with Gasteiger partial charge >= 0.3 is 0 Å². The molecule has 0 bridgehead atoms. The van der Waals surface area contributed by atoms with Gasteiger partial charge < -0.3 is 4.74 Å². The van der Waals surface area contributed by atoms with E-state index in [1.54, 1.807) is 24.4 Å². The van der Waals surface area contributed by atoms with Gasteiger partial charge in [-0.25, -0.2) is 4.98 Å². The summed E-state index contributed by atoms with van der Waals surface area (Å²) in [5.74, 6) is 0.501. The van der Waals surface area contributed by atoms with E-state index in [9.17, 15) is 10.1 Å². The molecule has 0 fully saturated rings. The van der Waals surface area contributed by atoms with Crippen LogP contribution in [-0.2, 0) is 0 Å². The number of ether oxygens (including phenoxy) is 1. The van der Waals surface area contributed by atoms with Crippen LogP contribution in [0.3, 0.4) is 0 Å². The summed E-state index contributed by atoms with van der Waals surface area (Å²) in [6, 6.07) is 9.92. The molecule has 0 spiro atoms. The third-order valence-corrected chi connectivity index (χ3v) is 2.35. The van der Waals surface area contributed by atoms with Crippen LogP contribution in [0.5, 0.6) is 5.88 Å². The van der Waals surface area contributed by atoms with E-state index in [-0.39, 0.29) is 5.69 Å². The van der Waals surface area contributed by atoms with E-state index in [4.69, 9.17) is 4.74 Å². The van der Waals surface area contributed by atoms with Crippen molar-refractivity contribution in [2.75, 3.05) is 7.11 Å². The number of methoxy groups -OCH3 is 1. The average Bonchev–Trinajstić information content (AvgIpc) is 2.39. The van der Waals surface area contributed by atoms with Crippen LogP contribution in [-0.4, -0.2) is 17.0 Å². The Labute approximate surface area is 97.8 Å². The molecule has 1 heterocycles. The van der Waals surface area contributed by atoms with Crippen molar-refractivity contribution in [3.05, 3.63) is 52.7 Å². The minimum atomic E-state index is -0.426. The fourth-order valence-electron chi connectivity index (χ4n) is 1.54. The van der Waals surface area contributed by atoms with Crippen LogP contribution in [0.4, 0.5) is 5.69 Å². The van der Waals surface area contributed by atoms with Crippen LogP contribution >= 0.6 is 0 Å². The molecular formula is C12H10N2O3. The summed E-state index contributed by atoms with van der Waals surface area (Å²) < 4.78 is 5.13. The lowest BCUT2D eigenvalue weighted by atomic mass is 10.1. The molecule has 1 aromatic carbocycles. The Hall–Kier alpha value is -2.43. The minimum Gasteiger partial charge on any atom is -0.481 e. The second-order valence-corrected chi connectivity index (χ2v) is 3.36. The van der Waals surface area contributed by atoms with E-state index in [0.29, 0.717) is 5.88 Å². The molecule has 0 radical (unpaired) electrons. The first kappa shape index (κ1) is 11.1. The number of nitrogens with zero attached hydrogens (tertiary/aromatic N) is 2. The highest BCUT2D eigenvalue weighted by molar-refractivity contribution is 5.69. The Morgan fingerprint density at radius 1 is 1.24 bits per heavy atom. The molecule has 1 aromatic heterocycles. The van der Waals surface area contributed by atoms with E-state index >= 15 is 0 Å². The van der Waals surface area contributed by atoms with E-state index in [0.717, 1.165) is 11.1 Å². The molecule has 0 unspecified atom stereocenters. The first-order valence-electron chi connectivity index (χ1n) is 4.96. The lowest BCUT2D eigenvalue weighted by Crippen LogP contribution is -1.91. The number of aromatic nitrogens is 1. The van der Waals surface area contributed by atoms with Gasteiger partial charge in [0.2, 0.25) is 5.88 Å². The quantitative estimate of drug-likeness (QED) is 0.600. The highest BCUT2D eigenvalue weighted by atomic mass is 16.6. The summed E-state index contributed by atoms with van der Waals surface area (Å²) in [5, 5.41) is 10.5. The second kappa shape index (κ2) is 4.61. The van der Waals surface area contributed by atoms with Crippen molar-refractivity contribution in [2.24, 2.45) is 0 Å². The van der Waals surface area contributed by atoms with Gasteiger partial charge in [-0.1, -0.05) is 0 Å². The van der Waals surface area contributed by atoms with Crippen molar-refractivity contribution < 1.29 is 9.66 Å². The van der Waals surface area contributed by atoms with E-state index in [1.165, 1.54) is 19.2 Å². The van der Waals surface area contributed by atoms with Crippen LogP contribution in [0.15, 0.2) is 42.6 Å². The van der Waals surface area contributed by atoms with Crippen molar-refractivity contribution >= 4 is 5.69 Å². The number of rotatable bonds is 3. The van der Waals surface area contributed by atoms with E-state index in [1.807, 2.05) is 6.07 Å². The minimum absolute atomic E-state index is 0.0663. The summed E-state index contributed by atoms with van der Waals surface area (Å²) in [4.78, 5) is 14.2. The summed E-state index contributed by atoms with van der Waals surface area (Å²) in [6.45, 7) is 0. The predicted octanol–water partition coefficient (Wildman–Crippen LogP) is 2.67. The Morgan fingerprint density at radius 2 is 1.94 bits per heavy atom. The van der Waals surface area contributed by atoms with Crippen molar-refractivity contribution in [3.8, 4) is 17.0 Å². The molecule has 0 aliphatic carbocycles. The summed E-state index contributed by atoms with van der Waals surface area (Å²) >= 11 is 0. The Morgan fingerprint density at radius 3 is 2.53 bits per heavy atom. The van der Waals surface area contributed by atoms with E-state index < -0.39 is 4.92 Å². The topological polar surface area (TPSA) is 65.3 Å². The van der Waals surface area contributed by atoms with Crippen LogP contribution < -0.4 is 4.74 Å². The molecule has 2 rings (SSSR count). The zero-order valence-corrected chi connectivity index (χ0v) is 9.16. The van der Waals surface area contributed by atoms with Crippen LogP contribution in [0.1, 0.15) is 0 Å². The summed E-state index contributed by atoms with van der Waals surface area (Å²) in [5.41, 5.74) is 1.71. The lowest BCUT2D eigenvalue weighted by molar-refractivity contribution is -0.384. The van der Waals surface area contributed by atoms with Crippen molar-refractivity contribution in [2.45, 2.75) is 0 Å². The van der Waals surface area contributed by atoms with Gasteiger partial charge in [0.25, 0.3) is 5.69 Å². The first-order chi connectivity index (χ1) is 8.22. The van der Waals surface area contributed by atoms with Crippen LogP contribution in [0.25, 0.3) is 11.1 Å². The Balaban J connectivity index is 2.43. The van der Waals surface area contributed by atoms with Gasteiger partial charge in [-0.3, -0.25) is 10.1 Å². The van der Waals surface area contributed by atoms with Gasteiger partial charge in [0.1, 0.15) is 0 Å². The molecule has 86 valence electrons. The van der Waals surface area contributed by atoms with Crippen LogP contribution in [0.2, 0.25) is 0 Å². The van der Waals surface area contributed by atoms with Gasteiger partial charge in [0, 0.05) is 23.9 Å². The molecule has 0 aliphatic heterocycles. The second-order valence-electron chi connectivity index (χ2n) is 3.36. The molecule has 0 N–H and O–H groups in total. The zero-order chi connectivity index (χ0) is 12.3. The number of nitro benzene ring substituents is 1. The molecule has 17 heavy (non-hydrogen) atoms. The maximum atomic E-state index is 10.5. The van der Waals surface area contributed by atoms with Crippen molar-refractivity contribution in [3.63, 3.8) is 0 Å². The van der Waals surface area contributed by atoms with Gasteiger partial charge in [-0.2, -0.15) is 0 Å². The van der Waals surface area contributed by atoms with Gasteiger partial charge in [-0.05, 0) is 29.8 Å². The van der Waals surface area contributed by atoms with Crippen LogP contribution in [0, 0.1) is 10.1 Å². The normalized spacial score (nSPS) is 9.94. The maximum absolute atomic E-state index is 10.5. The predicted molar refractivity (Wildman–Crippen MR) is 62.9 cm³/mol. The maximum Gasteiger partial charge on any atom is 0.269 e. The third kappa shape index (κ3) is 2.23. The highest BCUT2D eigenvalue weighted by Crippen LogP contribution is 2.28. The molecule has 0 aliphatic rings. The molecule has 0 atom stereocenters. The van der Waals surface area contributed by atoms with E-state index in [2.05, 4.69) is 4.98 Å². The number of nitro groups is 1. The smallest absolute Gasteiger partial charge is 0.269 e. The number of pyridine rings is 1. The first-order valence-corrected chi connectivity index (χ1v) is 4.96. The Kier molecular flexibility index (Phi) is 3.00. The highest BCUT2D eigenvalue weighted by Gasteiger charge is 2.08. The molecule has 0 saturated heterocycles. The average molecular weight is 230 g/mol. The fourth-order valence-corrected chi connectivity index (χ4v) is 1.54. The molecule has 5 nitrogen and oxygen atoms in total. The van der Waals surface area contributed by atoms with Gasteiger partial charge in [0.05, 0.1) is 12.0 Å². The molecule has 0 saturated carbocycles. The Bertz CT molecular complexity index is 538. The number of benzene rings is 1. The summed E-state index contributed by atoms with van der Waals surface area (Å²) in [7, 11) is 1.54. The number of non-ortho nitro benzene ring substituents is 1. The number of hydrogen-bond acceptors (Lipinski definition) is 4. The standard InChI is InChI=1S/C12H10N2O3/c1-17-12-11(3-2-8-13-12)9-4-6-10(7-5-9)14(15)16/h2-8H,1H3. The van der Waals surface area contributed by atoms with Gasteiger partial charge in [-0.15, -0.1) is 0 Å².